The third-order valence-electron chi connectivity index (χ3n) is 3.61. The van der Waals surface area contributed by atoms with Gasteiger partial charge in [-0.25, -0.2) is 0 Å². The Hall–Kier alpha value is 1.03. The van der Waals surface area contributed by atoms with Crippen LogP contribution >= 0.6 is 23.4 Å². The zero-order valence-corrected chi connectivity index (χ0v) is 16.2. The van der Waals surface area contributed by atoms with Crippen LogP contribution < -0.4 is 0 Å². The molecular weight excluding hydrogens is 273 g/mol. The van der Waals surface area contributed by atoms with Crippen molar-refractivity contribution in [3.05, 3.63) is 0 Å². The fraction of sp³-hybridized carbons (Fsp3) is 0.933. The summed E-state index contributed by atoms with van der Waals surface area (Å²) < 4.78 is 0. The summed E-state index contributed by atoms with van der Waals surface area (Å²) >= 11 is 0. The SMILES string of the molecule is CC(C)(C)C1=P[C@@H](C(C)(C)C)P2[C@H](C(C)(C)C)P12. The molecule has 1 fully saturated rings. The number of hydrogen-bond acceptors (Lipinski definition) is 0. The van der Waals surface area contributed by atoms with Crippen molar-refractivity contribution in [2.75, 3.05) is 0 Å². The van der Waals surface area contributed by atoms with Gasteiger partial charge in [0.15, 0.2) is 0 Å². The lowest BCUT2D eigenvalue weighted by atomic mass is 9.99. The molecule has 0 aromatic rings. The van der Waals surface area contributed by atoms with E-state index in [2.05, 4.69) is 62.3 Å². The molecule has 2 heterocycles. The Morgan fingerprint density at radius 2 is 1.33 bits per heavy atom. The van der Waals surface area contributed by atoms with Crippen LogP contribution in [-0.4, -0.2) is 15.8 Å². The summed E-state index contributed by atoms with van der Waals surface area (Å²) in [4.78, 5) is 0. The van der Waals surface area contributed by atoms with Crippen LogP contribution in [0, 0.1) is 16.2 Å². The second-order valence-corrected chi connectivity index (χ2v) is 17.4. The van der Waals surface area contributed by atoms with Crippen molar-refractivity contribution in [3.63, 3.8) is 0 Å². The number of fused-ring (bicyclic) bond motifs is 1. The summed E-state index contributed by atoms with van der Waals surface area (Å²) in [6.07, 6.45) is 0. The van der Waals surface area contributed by atoms with Gasteiger partial charge in [0.05, 0.1) is 0 Å². The zero-order chi connectivity index (χ0) is 14.1. The van der Waals surface area contributed by atoms with Crippen LogP contribution in [0.4, 0.5) is 0 Å². The smallest absolute Gasteiger partial charge is 0.0310 e. The van der Waals surface area contributed by atoms with E-state index >= 15 is 0 Å². The molecule has 2 aliphatic rings. The lowest BCUT2D eigenvalue weighted by Crippen LogP contribution is -2.23. The van der Waals surface area contributed by atoms with E-state index in [1.165, 1.54) is 0 Å². The van der Waals surface area contributed by atoms with Crippen LogP contribution in [0.15, 0.2) is 0 Å². The molecule has 0 radical (unpaired) electrons. The average molecular weight is 302 g/mol. The number of rotatable bonds is 0. The highest BCUT2D eigenvalue weighted by Gasteiger charge is 2.65. The van der Waals surface area contributed by atoms with Crippen molar-refractivity contribution in [2.24, 2.45) is 16.2 Å². The van der Waals surface area contributed by atoms with E-state index in [4.69, 9.17) is 0 Å². The van der Waals surface area contributed by atoms with Gasteiger partial charge in [-0.05, 0) is 28.9 Å². The molecule has 18 heavy (non-hydrogen) atoms. The summed E-state index contributed by atoms with van der Waals surface area (Å²) in [6.45, 7) is 22.1. The predicted molar refractivity (Wildman–Crippen MR) is 91.7 cm³/mol. The molecule has 1 saturated heterocycles. The molecule has 0 amide bonds. The lowest BCUT2D eigenvalue weighted by molar-refractivity contribution is 0.442. The maximum atomic E-state index is 2.47. The fourth-order valence-electron chi connectivity index (χ4n) is 2.79. The quantitative estimate of drug-likeness (QED) is 0.434. The van der Waals surface area contributed by atoms with Crippen molar-refractivity contribution in [1.29, 1.82) is 0 Å². The Morgan fingerprint density at radius 1 is 0.833 bits per heavy atom. The molecule has 0 spiro atoms. The molecule has 2 rings (SSSR count). The van der Waals surface area contributed by atoms with E-state index in [0.717, 1.165) is 10.8 Å². The van der Waals surface area contributed by atoms with Gasteiger partial charge in [-0.1, -0.05) is 78.1 Å². The van der Waals surface area contributed by atoms with Crippen LogP contribution in [0.1, 0.15) is 62.3 Å². The number of hydrogen-bond donors (Lipinski definition) is 0. The van der Waals surface area contributed by atoms with Crippen LogP contribution in [0.3, 0.4) is 0 Å². The summed E-state index contributed by atoms with van der Waals surface area (Å²) in [7, 11) is 2.29. The van der Waals surface area contributed by atoms with Gasteiger partial charge in [-0.2, -0.15) is 0 Å². The zero-order valence-electron chi connectivity index (χ0n) is 13.5. The van der Waals surface area contributed by atoms with Crippen molar-refractivity contribution in [3.8, 4) is 0 Å². The van der Waals surface area contributed by atoms with Gasteiger partial charge in [-0.3, -0.25) is 0 Å². The van der Waals surface area contributed by atoms with Crippen LogP contribution in [0.2, 0.25) is 0 Å². The topological polar surface area (TPSA) is 0 Å². The van der Waals surface area contributed by atoms with Gasteiger partial charge in [-0.15, -0.1) is 0 Å². The molecular formula is C15H29P3. The van der Waals surface area contributed by atoms with E-state index in [-0.39, 0.29) is 7.61 Å². The molecule has 0 aromatic heterocycles. The molecule has 0 aromatic carbocycles. The van der Waals surface area contributed by atoms with Gasteiger partial charge >= 0.3 is 0 Å². The molecule has 0 N–H and O–H groups in total. The molecule has 4 atom stereocenters. The Kier molecular flexibility index (Phi) is 3.65. The molecule has 0 saturated carbocycles. The highest BCUT2D eigenvalue weighted by Crippen LogP contribution is 3.06. The Labute approximate surface area is 118 Å². The first kappa shape index (κ1) is 15.4. The third-order valence-corrected chi connectivity index (χ3v) is 18.4. The summed E-state index contributed by atoms with van der Waals surface area (Å²) in [6, 6.07) is 0. The first-order valence-electron chi connectivity index (χ1n) is 7.01. The minimum Gasteiger partial charge on any atom is -0.0904 e. The second kappa shape index (κ2) is 4.26. The van der Waals surface area contributed by atoms with E-state index in [0.29, 0.717) is 23.9 Å². The van der Waals surface area contributed by atoms with E-state index in [9.17, 15) is 0 Å². The normalized spacial score (nSPS) is 37.3. The van der Waals surface area contributed by atoms with Crippen molar-refractivity contribution in [1.82, 2.24) is 0 Å². The molecule has 0 aliphatic carbocycles. The van der Waals surface area contributed by atoms with Gasteiger partial charge in [0.2, 0.25) is 0 Å². The summed E-state index contributed by atoms with van der Waals surface area (Å²) in [5.74, 6) is 0. The maximum Gasteiger partial charge on any atom is 0.0310 e. The minimum absolute atomic E-state index is 0.264. The van der Waals surface area contributed by atoms with Gasteiger partial charge < -0.3 is 0 Å². The van der Waals surface area contributed by atoms with Crippen LogP contribution in [-0.2, 0) is 0 Å². The maximum absolute atomic E-state index is 2.47. The predicted octanol–water partition coefficient (Wildman–Crippen LogP) is 6.76. The van der Waals surface area contributed by atoms with Gasteiger partial charge in [0.1, 0.15) is 0 Å². The summed E-state index contributed by atoms with van der Waals surface area (Å²) in [5, 5.41) is 3.96. The molecule has 0 nitrogen and oxygen atoms in total. The van der Waals surface area contributed by atoms with Crippen molar-refractivity contribution in [2.45, 2.75) is 73.1 Å². The van der Waals surface area contributed by atoms with E-state index in [1.54, 1.807) is 8.20 Å². The Bertz CT molecular complexity index is 376. The highest BCUT2D eigenvalue weighted by atomic mass is 32.1. The largest absolute Gasteiger partial charge is 0.0904 e. The standard InChI is InChI=1S/C15H29P3/c1-13(2,3)10-16-11(14(4,5)6)18-12(17(10)18)15(7,8)9/h10,12H,1-9H3/t10-,12+,17?,18?/m1/s1. The van der Waals surface area contributed by atoms with Gasteiger partial charge in [0.25, 0.3) is 0 Å². The molecule has 104 valence electrons. The highest BCUT2D eigenvalue weighted by molar-refractivity contribution is 8.57. The first-order chi connectivity index (χ1) is 7.85. The van der Waals surface area contributed by atoms with Crippen LogP contribution in [0.5, 0.6) is 0 Å². The van der Waals surface area contributed by atoms with Crippen molar-refractivity contribution < 1.29 is 0 Å². The van der Waals surface area contributed by atoms with E-state index < -0.39 is 0 Å². The Balaban J connectivity index is 2.35. The van der Waals surface area contributed by atoms with Crippen molar-refractivity contribution >= 4 is 28.5 Å². The van der Waals surface area contributed by atoms with E-state index in [1.807, 2.05) is 5.03 Å². The molecule has 2 aliphatic heterocycles. The molecule has 2 unspecified atom stereocenters. The summed E-state index contributed by atoms with van der Waals surface area (Å²) in [5.41, 5.74) is 1.47. The fourth-order valence-corrected chi connectivity index (χ4v) is 22.5. The average Bonchev–Trinajstić information content (AvgIpc) is 2.65. The monoisotopic (exact) mass is 302 g/mol. The Morgan fingerprint density at radius 3 is 1.67 bits per heavy atom. The first-order valence-corrected chi connectivity index (χ1v) is 11.6. The van der Waals surface area contributed by atoms with Crippen LogP contribution in [0.25, 0.3) is 0 Å². The molecule has 0 bridgehead atoms. The lowest BCUT2D eigenvalue weighted by Gasteiger charge is -2.31. The van der Waals surface area contributed by atoms with Gasteiger partial charge in [0, 0.05) is 10.8 Å². The third kappa shape index (κ3) is 2.60. The minimum atomic E-state index is 0.264. The molecule has 3 heteroatoms. The second-order valence-electron chi connectivity index (χ2n) is 8.91.